The Hall–Kier alpha value is -3.63. The van der Waals surface area contributed by atoms with E-state index in [-0.39, 0.29) is 16.1 Å². The number of thiazole rings is 1. The Morgan fingerprint density at radius 3 is 2.53 bits per heavy atom. The number of nitrogens with one attached hydrogen (secondary N) is 2. The molecule has 0 saturated carbocycles. The van der Waals surface area contributed by atoms with Crippen molar-refractivity contribution in [2.24, 2.45) is 0 Å². The van der Waals surface area contributed by atoms with E-state index in [2.05, 4.69) is 20.0 Å². The molecular weight excluding hydrogens is 451 g/mol. The minimum atomic E-state index is -3.98. The van der Waals surface area contributed by atoms with E-state index in [1.54, 1.807) is 30.6 Å². The maximum absolute atomic E-state index is 13.1. The molecule has 2 aromatic heterocycles. The van der Waals surface area contributed by atoms with Crippen LogP contribution in [0.3, 0.4) is 0 Å². The SMILES string of the molecule is Cc1ccc(S(=O)(=O)Nc2ccc(F)cc2)cc1C(=O)Nc1nc(-c2ccccn2)cs1. The molecule has 0 atom stereocenters. The highest BCUT2D eigenvalue weighted by Crippen LogP contribution is 2.25. The van der Waals surface area contributed by atoms with Gasteiger partial charge in [0.25, 0.3) is 15.9 Å². The van der Waals surface area contributed by atoms with Crippen molar-refractivity contribution in [1.82, 2.24) is 9.97 Å². The van der Waals surface area contributed by atoms with Crippen molar-refractivity contribution in [2.75, 3.05) is 10.0 Å². The van der Waals surface area contributed by atoms with E-state index in [1.807, 2.05) is 12.1 Å². The van der Waals surface area contributed by atoms with Crippen LogP contribution in [0.4, 0.5) is 15.2 Å². The average molecular weight is 469 g/mol. The molecule has 0 saturated heterocycles. The number of pyridine rings is 1. The van der Waals surface area contributed by atoms with Gasteiger partial charge in [0.05, 0.1) is 10.6 Å². The molecule has 0 radical (unpaired) electrons. The molecule has 32 heavy (non-hydrogen) atoms. The number of carbonyl (C=O) groups excluding carboxylic acids is 1. The fourth-order valence-electron chi connectivity index (χ4n) is 2.87. The van der Waals surface area contributed by atoms with Crippen molar-refractivity contribution < 1.29 is 17.6 Å². The van der Waals surface area contributed by atoms with Crippen molar-refractivity contribution in [3.63, 3.8) is 0 Å². The van der Waals surface area contributed by atoms with Gasteiger partial charge in [-0.1, -0.05) is 12.1 Å². The summed E-state index contributed by atoms with van der Waals surface area (Å²) in [6.45, 7) is 1.71. The van der Waals surface area contributed by atoms with Crippen LogP contribution in [0.5, 0.6) is 0 Å². The first-order chi connectivity index (χ1) is 15.3. The number of sulfonamides is 1. The van der Waals surface area contributed by atoms with Crippen molar-refractivity contribution in [2.45, 2.75) is 11.8 Å². The number of hydrogen-bond acceptors (Lipinski definition) is 6. The Morgan fingerprint density at radius 2 is 1.81 bits per heavy atom. The fraction of sp³-hybridized carbons (Fsp3) is 0.0455. The number of halogens is 1. The summed E-state index contributed by atoms with van der Waals surface area (Å²) in [5.74, 6) is -0.959. The summed E-state index contributed by atoms with van der Waals surface area (Å²) in [5.41, 5.74) is 2.32. The molecular formula is C22H17FN4O3S2. The molecule has 0 aliphatic heterocycles. The quantitative estimate of drug-likeness (QED) is 0.427. The van der Waals surface area contributed by atoms with Crippen molar-refractivity contribution in [3.05, 3.63) is 89.2 Å². The normalized spacial score (nSPS) is 11.2. The summed E-state index contributed by atoms with van der Waals surface area (Å²) in [7, 11) is -3.98. The van der Waals surface area contributed by atoms with Crippen LogP contribution in [-0.4, -0.2) is 24.3 Å². The number of aromatic nitrogens is 2. The second kappa shape index (κ2) is 8.85. The summed E-state index contributed by atoms with van der Waals surface area (Å²) >= 11 is 1.24. The molecule has 0 aliphatic rings. The molecule has 4 rings (SSSR count). The molecule has 0 unspecified atom stereocenters. The standard InChI is InChI=1S/C22H17FN4O3S2/c1-14-5-10-17(32(29,30)27-16-8-6-15(23)7-9-16)12-18(14)21(28)26-22-25-20(13-31-22)19-4-2-3-11-24-19/h2-13,27H,1H3,(H,25,26,28). The Kier molecular flexibility index (Phi) is 5.97. The predicted octanol–water partition coefficient (Wildman–Crippen LogP) is 4.71. The van der Waals surface area contributed by atoms with Crippen molar-refractivity contribution in [3.8, 4) is 11.4 Å². The second-order valence-corrected chi connectivity index (χ2v) is 9.34. The van der Waals surface area contributed by atoms with Gasteiger partial charge in [-0.05, 0) is 61.0 Å². The van der Waals surface area contributed by atoms with E-state index in [9.17, 15) is 17.6 Å². The third-order valence-corrected chi connectivity index (χ3v) is 6.65. The van der Waals surface area contributed by atoms with Crippen LogP contribution in [0.1, 0.15) is 15.9 Å². The molecule has 162 valence electrons. The molecule has 0 bridgehead atoms. The molecule has 2 heterocycles. The molecule has 10 heteroatoms. The van der Waals surface area contributed by atoms with Crippen LogP contribution in [0.15, 0.2) is 77.1 Å². The Labute approximate surface area is 188 Å². The molecule has 0 fully saturated rings. The lowest BCUT2D eigenvalue weighted by Gasteiger charge is -2.11. The van der Waals surface area contributed by atoms with Gasteiger partial charge in [0.15, 0.2) is 5.13 Å². The summed E-state index contributed by atoms with van der Waals surface area (Å²) in [4.78, 5) is 21.3. The Bertz CT molecular complexity index is 1370. The first-order valence-electron chi connectivity index (χ1n) is 9.39. The number of carbonyl (C=O) groups is 1. The number of amides is 1. The lowest BCUT2D eigenvalue weighted by Crippen LogP contribution is -2.17. The van der Waals surface area contributed by atoms with Gasteiger partial charge in [-0.2, -0.15) is 0 Å². The van der Waals surface area contributed by atoms with Crippen LogP contribution in [0, 0.1) is 12.7 Å². The lowest BCUT2D eigenvalue weighted by molar-refractivity contribution is 0.102. The highest BCUT2D eigenvalue weighted by molar-refractivity contribution is 7.92. The van der Waals surface area contributed by atoms with Gasteiger partial charge in [-0.15, -0.1) is 11.3 Å². The second-order valence-electron chi connectivity index (χ2n) is 6.80. The zero-order valence-electron chi connectivity index (χ0n) is 16.7. The van der Waals surface area contributed by atoms with Crippen LogP contribution in [0.2, 0.25) is 0 Å². The molecule has 2 aromatic carbocycles. The van der Waals surface area contributed by atoms with Crippen LogP contribution in [0.25, 0.3) is 11.4 Å². The number of aryl methyl sites for hydroxylation is 1. The van der Waals surface area contributed by atoms with E-state index in [1.165, 1.54) is 35.6 Å². The third kappa shape index (κ3) is 4.82. The largest absolute Gasteiger partial charge is 0.298 e. The smallest absolute Gasteiger partial charge is 0.261 e. The van der Waals surface area contributed by atoms with Crippen molar-refractivity contribution >= 4 is 38.1 Å². The van der Waals surface area contributed by atoms with E-state index in [4.69, 9.17) is 0 Å². The molecule has 4 aromatic rings. The lowest BCUT2D eigenvalue weighted by atomic mass is 10.1. The third-order valence-electron chi connectivity index (χ3n) is 4.51. The molecule has 7 nitrogen and oxygen atoms in total. The maximum atomic E-state index is 13.1. The average Bonchev–Trinajstić information content (AvgIpc) is 3.24. The van der Waals surface area contributed by atoms with E-state index >= 15 is 0 Å². The van der Waals surface area contributed by atoms with E-state index in [0.29, 0.717) is 22.1 Å². The van der Waals surface area contributed by atoms with Gasteiger partial charge in [-0.25, -0.2) is 17.8 Å². The Morgan fingerprint density at radius 1 is 1.03 bits per heavy atom. The summed E-state index contributed by atoms with van der Waals surface area (Å²) in [6, 6.07) is 14.6. The number of anilines is 2. The summed E-state index contributed by atoms with van der Waals surface area (Å²) < 4.78 is 40.9. The highest BCUT2D eigenvalue weighted by Gasteiger charge is 2.19. The molecule has 1 amide bonds. The summed E-state index contributed by atoms with van der Waals surface area (Å²) in [6.07, 6.45) is 1.65. The van der Waals surface area contributed by atoms with Gasteiger partial charge < -0.3 is 0 Å². The number of nitrogens with zero attached hydrogens (tertiary/aromatic N) is 2. The number of benzene rings is 2. The van der Waals surface area contributed by atoms with Gasteiger partial charge >= 0.3 is 0 Å². The van der Waals surface area contributed by atoms with Crippen LogP contribution < -0.4 is 10.0 Å². The van der Waals surface area contributed by atoms with Crippen LogP contribution >= 0.6 is 11.3 Å². The van der Waals surface area contributed by atoms with E-state index < -0.39 is 21.7 Å². The topological polar surface area (TPSA) is 101 Å². The van der Waals surface area contributed by atoms with Crippen molar-refractivity contribution in [1.29, 1.82) is 0 Å². The Balaban J connectivity index is 1.55. The van der Waals surface area contributed by atoms with E-state index in [0.717, 1.165) is 12.1 Å². The zero-order chi connectivity index (χ0) is 22.7. The van der Waals surface area contributed by atoms with Gasteiger partial charge in [0.1, 0.15) is 11.5 Å². The predicted molar refractivity (Wildman–Crippen MR) is 122 cm³/mol. The van der Waals surface area contributed by atoms with Gasteiger partial charge in [-0.3, -0.25) is 19.8 Å². The number of rotatable bonds is 6. The molecule has 0 aliphatic carbocycles. The first-order valence-corrected chi connectivity index (χ1v) is 11.8. The van der Waals surface area contributed by atoms with Crippen LogP contribution in [-0.2, 0) is 10.0 Å². The molecule has 2 N–H and O–H groups in total. The summed E-state index contributed by atoms with van der Waals surface area (Å²) in [5, 5.41) is 4.85. The minimum Gasteiger partial charge on any atom is -0.298 e. The number of hydrogen-bond donors (Lipinski definition) is 2. The fourth-order valence-corrected chi connectivity index (χ4v) is 4.66. The minimum absolute atomic E-state index is 0.0918. The highest BCUT2D eigenvalue weighted by atomic mass is 32.2. The first kappa shape index (κ1) is 21.6. The zero-order valence-corrected chi connectivity index (χ0v) is 18.4. The van der Waals surface area contributed by atoms with Gasteiger partial charge in [0.2, 0.25) is 0 Å². The molecule has 0 spiro atoms. The van der Waals surface area contributed by atoms with Gasteiger partial charge in [0, 0.05) is 22.8 Å². The maximum Gasteiger partial charge on any atom is 0.261 e. The monoisotopic (exact) mass is 468 g/mol.